The van der Waals surface area contributed by atoms with Crippen LogP contribution in [-0.4, -0.2) is 17.1 Å². The maximum Gasteiger partial charge on any atom is 0.387 e. The van der Waals surface area contributed by atoms with Crippen molar-refractivity contribution in [2.75, 3.05) is 0 Å². The third kappa shape index (κ3) is 5.02. The first-order valence-electron chi connectivity index (χ1n) is 10.4. The number of nitriles is 1. The van der Waals surface area contributed by atoms with Crippen LogP contribution in [0.5, 0.6) is 5.75 Å². The normalized spacial score (nSPS) is 15.6. The van der Waals surface area contributed by atoms with Gasteiger partial charge in [0.05, 0.1) is 11.3 Å². The summed E-state index contributed by atoms with van der Waals surface area (Å²) in [6.07, 6.45) is 5.37. The summed E-state index contributed by atoms with van der Waals surface area (Å²) >= 11 is 0. The largest absolute Gasteiger partial charge is 0.432 e. The van der Waals surface area contributed by atoms with Gasteiger partial charge in [-0.25, -0.2) is 4.39 Å². The van der Waals surface area contributed by atoms with E-state index in [1.165, 1.54) is 12.3 Å². The molecule has 0 amide bonds. The van der Waals surface area contributed by atoms with Crippen molar-refractivity contribution < 1.29 is 22.7 Å². The molecule has 1 fully saturated rings. The number of aryl methyl sites for hydroxylation is 1. The van der Waals surface area contributed by atoms with Gasteiger partial charge >= 0.3 is 6.61 Å². The van der Waals surface area contributed by atoms with Crippen molar-refractivity contribution in [2.24, 2.45) is 11.8 Å². The van der Waals surface area contributed by atoms with Gasteiger partial charge in [0.25, 0.3) is 0 Å². The van der Waals surface area contributed by atoms with Crippen LogP contribution in [0.3, 0.4) is 0 Å². The molecule has 4 nitrogen and oxygen atoms in total. The number of ether oxygens (including phenoxy) is 1. The van der Waals surface area contributed by atoms with Crippen molar-refractivity contribution in [2.45, 2.75) is 46.1 Å². The summed E-state index contributed by atoms with van der Waals surface area (Å²) in [5.74, 6) is -1.14. The Bertz CT molecular complexity index is 1070. The highest BCUT2D eigenvalue weighted by molar-refractivity contribution is 7.41. The van der Waals surface area contributed by atoms with E-state index in [0.717, 1.165) is 31.7 Å². The molecule has 0 aliphatic heterocycles. The Hall–Kier alpha value is -2.71. The predicted octanol–water partition coefficient (Wildman–Crippen LogP) is 6.41. The fourth-order valence-corrected chi connectivity index (χ4v) is 4.36. The standard InChI is InChI=1S/C24H24F3N2O2P/c1-3-16(14-5-4-6-14)22(20-8-7-15(12-29-20)23(30)32)18(11-28)17-10-19(25)21(9-13(17)2)31-24(26)27/h7-10,12,14,16,24H,3-6,32H2,1-2H3. The van der Waals surface area contributed by atoms with E-state index < -0.39 is 18.2 Å². The minimum atomic E-state index is -3.15. The maximum atomic E-state index is 14.6. The lowest BCUT2D eigenvalue weighted by atomic mass is 9.69. The number of alkyl halides is 2. The number of pyridine rings is 1. The number of benzene rings is 1. The van der Waals surface area contributed by atoms with Crippen LogP contribution in [0.1, 0.15) is 59.8 Å². The van der Waals surface area contributed by atoms with E-state index in [4.69, 9.17) is 0 Å². The van der Waals surface area contributed by atoms with Crippen molar-refractivity contribution in [1.82, 2.24) is 4.98 Å². The number of hydrogen-bond acceptors (Lipinski definition) is 4. The van der Waals surface area contributed by atoms with Crippen LogP contribution >= 0.6 is 9.24 Å². The molecule has 32 heavy (non-hydrogen) atoms. The quantitative estimate of drug-likeness (QED) is 0.338. The third-order valence-corrected chi connectivity index (χ3v) is 6.33. The first-order chi connectivity index (χ1) is 15.3. The van der Waals surface area contributed by atoms with Gasteiger partial charge in [-0.05, 0) is 79.0 Å². The molecule has 0 radical (unpaired) electrons. The van der Waals surface area contributed by atoms with E-state index in [1.54, 1.807) is 19.1 Å². The van der Waals surface area contributed by atoms with Gasteiger partial charge in [-0.2, -0.15) is 14.0 Å². The zero-order chi connectivity index (χ0) is 23.4. The average molecular weight is 460 g/mol. The lowest BCUT2D eigenvalue weighted by molar-refractivity contribution is -0.0522. The van der Waals surface area contributed by atoms with Crippen molar-refractivity contribution in [3.63, 3.8) is 0 Å². The van der Waals surface area contributed by atoms with Crippen molar-refractivity contribution in [1.29, 1.82) is 5.26 Å². The van der Waals surface area contributed by atoms with Crippen LogP contribution in [0.2, 0.25) is 0 Å². The second-order valence-corrected chi connectivity index (χ2v) is 8.40. The number of carbonyl (C=O) groups excluding carboxylic acids is 1. The second-order valence-electron chi connectivity index (χ2n) is 7.88. The van der Waals surface area contributed by atoms with Gasteiger partial charge in [-0.1, -0.05) is 22.6 Å². The Labute approximate surface area is 187 Å². The second kappa shape index (κ2) is 10.3. The van der Waals surface area contributed by atoms with Crippen LogP contribution < -0.4 is 4.74 Å². The monoisotopic (exact) mass is 460 g/mol. The minimum Gasteiger partial charge on any atom is -0.432 e. The highest BCUT2D eigenvalue weighted by atomic mass is 31.0. The molecule has 2 aromatic rings. The topological polar surface area (TPSA) is 63.0 Å². The van der Waals surface area contributed by atoms with Gasteiger partial charge in [0.1, 0.15) is 6.07 Å². The van der Waals surface area contributed by atoms with E-state index >= 15 is 0 Å². The summed E-state index contributed by atoms with van der Waals surface area (Å²) < 4.78 is 44.0. The molecule has 1 saturated carbocycles. The molecule has 0 saturated heterocycles. The van der Waals surface area contributed by atoms with Crippen molar-refractivity contribution >= 4 is 25.9 Å². The SMILES string of the molecule is CCC(C(=C(C#N)c1cc(F)c(OC(F)F)cc1C)c1ccc(C(=O)P)cn1)C1CCC1. The van der Waals surface area contributed by atoms with Gasteiger partial charge in [-0.15, -0.1) is 0 Å². The van der Waals surface area contributed by atoms with Crippen LogP contribution in [0.25, 0.3) is 11.1 Å². The first kappa shape index (κ1) is 23.9. The van der Waals surface area contributed by atoms with Crippen molar-refractivity contribution in [3.05, 3.63) is 58.7 Å². The molecule has 1 aliphatic carbocycles. The first-order valence-corrected chi connectivity index (χ1v) is 11.0. The number of carbonyl (C=O) groups is 1. The van der Waals surface area contributed by atoms with Gasteiger partial charge < -0.3 is 4.74 Å². The van der Waals surface area contributed by atoms with Gasteiger partial charge in [0, 0.05) is 11.8 Å². The Morgan fingerprint density at radius 2 is 2.06 bits per heavy atom. The summed E-state index contributed by atoms with van der Waals surface area (Å²) in [5.41, 5.74) is 2.46. The van der Waals surface area contributed by atoms with Gasteiger partial charge in [0.2, 0.25) is 0 Å². The molecule has 0 spiro atoms. The molecule has 1 heterocycles. The fraction of sp³-hybridized carbons (Fsp3) is 0.375. The lowest BCUT2D eigenvalue weighted by Gasteiger charge is -2.35. The van der Waals surface area contributed by atoms with E-state index in [1.807, 2.05) is 6.92 Å². The zero-order valence-electron chi connectivity index (χ0n) is 17.9. The Morgan fingerprint density at radius 3 is 2.53 bits per heavy atom. The third-order valence-electron chi connectivity index (χ3n) is 6.00. The van der Waals surface area contributed by atoms with Crippen LogP contribution in [0.4, 0.5) is 13.2 Å². The number of aromatic nitrogens is 1. The zero-order valence-corrected chi connectivity index (χ0v) is 19.0. The summed E-state index contributed by atoms with van der Waals surface area (Å²) in [5, 5.41) is 10.1. The number of nitrogens with zero attached hydrogens (tertiary/aromatic N) is 2. The van der Waals surface area contributed by atoms with E-state index in [2.05, 4.69) is 25.0 Å². The molecule has 2 atom stereocenters. The van der Waals surface area contributed by atoms with Gasteiger partial charge in [-0.3, -0.25) is 9.78 Å². The Kier molecular flexibility index (Phi) is 7.69. The molecule has 168 valence electrons. The van der Waals surface area contributed by atoms with Crippen molar-refractivity contribution in [3.8, 4) is 11.8 Å². The van der Waals surface area contributed by atoms with E-state index in [9.17, 15) is 23.2 Å². The summed E-state index contributed by atoms with van der Waals surface area (Å²) in [6.45, 7) is 0.503. The summed E-state index contributed by atoms with van der Waals surface area (Å²) in [6, 6.07) is 7.81. The highest BCUT2D eigenvalue weighted by Crippen LogP contribution is 2.45. The predicted molar refractivity (Wildman–Crippen MR) is 120 cm³/mol. The highest BCUT2D eigenvalue weighted by Gasteiger charge is 2.32. The molecule has 1 aromatic heterocycles. The Balaban J connectivity index is 2.22. The molecule has 0 N–H and O–H groups in total. The van der Waals surface area contributed by atoms with Crippen LogP contribution in [0, 0.1) is 35.9 Å². The molecule has 0 bridgehead atoms. The van der Waals surface area contributed by atoms with Crippen LogP contribution in [0.15, 0.2) is 30.5 Å². The summed E-state index contributed by atoms with van der Waals surface area (Å²) in [4.78, 5) is 16.1. The number of allylic oxidation sites excluding steroid dienone is 2. The smallest absolute Gasteiger partial charge is 0.387 e. The molecular formula is C24H24F3N2O2P. The minimum absolute atomic E-state index is 0.0166. The van der Waals surface area contributed by atoms with Crippen LogP contribution in [-0.2, 0) is 0 Å². The number of hydrogen-bond donors (Lipinski definition) is 0. The molecule has 1 aliphatic rings. The number of halogens is 3. The Morgan fingerprint density at radius 1 is 1.34 bits per heavy atom. The fourth-order valence-electron chi connectivity index (χ4n) is 4.19. The van der Waals surface area contributed by atoms with E-state index in [-0.39, 0.29) is 17.0 Å². The average Bonchev–Trinajstić information content (AvgIpc) is 2.71. The van der Waals surface area contributed by atoms with E-state index in [0.29, 0.717) is 33.9 Å². The molecule has 1 aromatic carbocycles. The lowest BCUT2D eigenvalue weighted by Crippen LogP contribution is -2.24. The molecule has 2 unspecified atom stereocenters. The number of rotatable bonds is 8. The maximum absolute atomic E-state index is 14.6. The molecular weight excluding hydrogens is 436 g/mol. The van der Waals surface area contributed by atoms with Gasteiger partial charge in [0.15, 0.2) is 17.1 Å². The molecule has 3 rings (SSSR count). The molecule has 8 heteroatoms. The summed E-state index contributed by atoms with van der Waals surface area (Å²) in [7, 11) is 2.10.